The Kier molecular flexibility index (Phi) is 3.99. The van der Waals surface area contributed by atoms with Gasteiger partial charge < -0.3 is 0 Å². The van der Waals surface area contributed by atoms with Gasteiger partial charge in [0.15, 0.2) is 11.9 Å². The average Bonchev–Trinajstić information content (AvgIpc) is 2.19. The summed E-state index contributed by atoms with van der Waals surface area (Å²) >= 11 is 0.884. The van der Waals surface area contributed by atoms with Crippen LogP contribution in [0.4, 0.5) is 0 Å². The molecule has 1 aromatic rings. The molecular formula is C10H8O2S. The number of carbonyl (C=O) groups excluding carboxylic acids is 2. The number of carbonyl (C=O) groups is 2. The lowest BCUT2D eigenvalue weighted by atomic mass is 10.2. The minimum Gasteiger partial charge on any atom is -0.297 e. The van der Waals surface area contributed by atoms with E-state index in [1.807, 2.05) is 30.3 Å². The number of benzene rings is 1. The first-order chi connectivity index (χ1) is 6.36. The van der Waals surface area contributed by atoms with Crippen molar-refractivity contribution in [2.75, 3.05) is 0 Å². The van der Waals surface area contributed by atoms with Gasteiger partial charge in [-0.2, -0.15) is 0 Å². The maximum Gasteiger partial charge on any atom is 0.181 e. The van der Waals surface area contributed by atoms with Crippen LogP contribution in [-0.2, 0) is 9.59 Å². The van der Waals surface area contributed by atoms with Crippen molar-refractivity contribution in [2.45, 2.75) is 0 Å². The number of allylic oxidation sites excluding steroid dienone is 1. The lowest BCUT2D eigenvalue weighted by molar-refractivity contribution is -0.104. The maximum absolute atomic E-state index is 10.5. The van der Waals surface area contributed by atoms with Crippen LogP contribution in [0.3, 0.4) is 0 Å². The van der Waals surface area contributed by atoms with Crippen LogP contribution < -0.4 is 0 Å². The van der Waals surface area contributed by atoms with Crippen molar-refractivity contribution in [3.8, 4) is 0 Å². The molecule has 0 atom stereocenters. The zero-order valence-electron chi connectivity index (χ0n) is 6.84. The molecule has 0 aliphatic rings. The van der Waals surface area contributed by atoms with E-state index in [4.69, 9.17) is 0 Å². The van der Waals surface area contributed by atoms with Gasteiger partial charge in [-0.1, -0.05) is 42.1 Å². The molecule has 0 saturated carbocycles. The molecule has 0 N–H and O–H groups in total. The Morgan fingerprint density at radius 1 is 1.15 bits per heavy atom. The Bertz CT molecular complexity index is 317. The summed E-state index contributed by atoms with van der Waals surface area (Å²) < 4.78 is 0. The van der Waals surface area contributed by atoms with Gasteiger partial charge in [-0.25, -0.2) is 0 Å². The largest absolute Gasteiger partial charge is 0.297 e. The molecule has 0 bridgehead atoms. The normalized spacial score (nSPS) is 10.9. The third-order valence-corrected chi connectivity index (χ3v) is 1.99. The molecule has 0 spiro atoms. The van der Waals surface area contributed by atoms with Gasteiger partial charge in [0.25, 0.3) is 0 Å². The van der Waals surface area contributed by atoms with Crippen molar-refractivity contribution in [1.82, 2.24) is 0 Å². The summed E-state index contributed by atoms with van der Waals surface area (Å²) in [4.78, 5) is 21.0. The summed E-state index contributed by atoms with van der Waals surface area (Å²) in [6.07, 6.45) is 2.35. The fourth-order valence-electron chi connectivity index (χ4n) is 0.865. The molecule has 13 heavy (non-hydrogen) atoms. The van der Waals surface area contributed by atoms with Gasteiger partial charge >= 0.3 is 0 Å². The Morgan fingerprint density at radius 2 is 1.85 bits per heavy atom. The first kappa shape index (κ1) is 9.74. The highest BCUT2D eigenvalue weighted by Gasteiger charge is 1.94. The number of thioether (sulfide) groups is 1. The second-order valence-corrected chi connectivity index (χ2v) is 3.19. The summed E-state index contributed by atoms with van der Waals surface area (Å²) in [5.41, 5.74) is 1.56. The number of rotatable bonds is 4. The molecular weight excluding hydrogens is 184 g/mol. The van der Waals surface area contributed by atoms with Crippen LogP contribution in [0.1, 0.15) is 5.56 Å². The first-order valence-electron chi connectivity index (χ1n) is 3.69. The SMILES string of the molecule is O=CS/C(C=O)=C\c1ccccc1. The minimum absolute atomic E-state index is 0.418. The van der Waals surface area contributed by atoms with Gasteiger partial charge in [-0.3, -0.25) is 9.59 Å². The zero-order chi connectivity index (χ0) is 9.52. The molecule has 1 aromatic carbocycles. The lowest BCUT2D eigenvalue weighted by Crippen LogP contribution is -1.78. The smallest absolute Gasteiger partial charge is 0.181 e. The quantitative estimate of drug-likeness (QED) is 0.541. The second kappa shape index (κ2) is 5.32. The predicted molar refractivity (Wildman–Crippen MR) is 54.8 cm³/mol. The van der Waals surface area contributed by atoms with E-state index < -0.39 is 0 Å². The molecule has 66 valence electrons. The molecule has 0 aliphatic carbocycles. The molecule has 0 saturated heterocycles. The van der Waals surface area contributed by atoms with Crippen LogP contribution in [0.2, 0.25) is 0 Å². The molecule has 3 heteroatoms. The second-order valence-electron chi connectivity index (χ2n) is 2.29. The minimum atomic E-state index is 0.418. The van der Waals surface area contributed by atoms with Crippen LogP contribution in [0, 0.1) is 0 Å². The maximum atomic E-state index is 10.5. The topological polar surface area (TPSA) is 34.1 Å². The summed E-state index contributed by atoms with van der Waals surface area (Å²) in [6, 6.07) is 9.38. The molecule has 0 heterocycles. The molecule has 0 unspecified atom stereocenters. The van der Waals surface area contributed by atoms with Gasteiger partial charge in [0.05, 0.1) is 4.91 Å². The van der Waals surface area contributed by atoms with Crippen LogP contribution in [0.5, 0.6) is 0 Å². The molecule has 0 fully saturated rings. The van der Waals surface area contributed by atoms with Gasteiger partial charge in [-0.15, -0.1) is 0 Å². The van der Waals surface area contributed by atoms with Crippen molar-refractivity contribution in [3.05, 3.63) is 40.8 Å². The predicted octanol–water partition coefficient (Wildman–Crippen LogP) is 2.15. The molecule has 1 rings (SSSR count). The average molecular weight is 192 g/mol. The van der Waals surface area contributed by atoms with E-state index >= 15 is 0 Å². The molecule has 0 aliphatic heterocycles. The molecule has 0 aromatic heterocycles. The van der Waals surface area contributed by atoms with Crippen molar-refractivity contribution in [2.24, 2.45) is 0 Å². The number of hydrogen-bond donors (Lipinski definition) is 0. The van der Waals surface area contributed by atoms with Crippen LogP contribution in [-0.4, -0.2) is 11.9 Å². The summed E-state index contributed by atoms with van der Waals surface area (Å²) in [5, 5.41) is 0. The van der Waals surface area contributed by atoms with Gasteiger partial charge in [0.1, 0.15) is 0 Å². The molecule has 0 radical (unpaired) electrons. The zero-order valence-corrected chi connectivity index (χ0v) is 7.66. The number of aldehydes is 1. The molecule has 2 nitrogen and oxygen atoms in total. The van der Waals surface area contributed by atoms with Crippen LogP contribution >= 0.6 is 11.8 Å². The summed E-state index contributed by atoms with van der Waals surface area (Å²) in [7, 11) is 0. The third kappa shape index (κ3) is 3.25. The highest BCUT2D eigenvalue weighted by molar-refractivity contribution is 8.16. The third-order valence-electron chi connectivity index (χ3n) is 1.41. The van der Waals surface area contributed by atoms with E-state index in [9.17, 15) is 9.59 Å². The van der Waals surface area contributed by atoms with E-state index in [0.717, 1.165) is 17.3 Å². The van der Waals surface area contributed by atoms with Gasteiger partial charge in [-0.05, 0) is 11.6 Å². The summed E-state index contributed by atoms with van der Waals surface area (Å²) in [6.45, 7) is 0. The highest BCUT2D eigenvalue weighted by Crippen LogP contribution is 2.13. The van der Waals surface area contributed by atoms with Gasteiger partial charge in [0, 0.05) is 0 Å². The van der Waals surface area contributed by atoms with Crippen LogP contribution in [0.25, 0.3) is 6.08 Å². The summed E-state index contributed by atoms with van der Waals surface area (Å²) in [5.74, 6) is 0. The fraction of sp³-hybridized carbons (Fsp3) is 0. The van der Waals surface area contributed by atoms with Crippen LogP contribution in [0.15, 0.2) is 35.2 Å². The van der Waals surface area contributed by atoms with Crippen molar-refractivity contribution < 1.29 is 9.59 Å². The Hall–Kier alpha value is -1.35. The van der Waals surface area contributed by atoms with Crippen molar-refractivity contribution in [3.63, 3.8) is 0 Å². The van der Waals surface area contributed by atoms with E-state index in [2.05, 4.69) is 0 Å². The lowest BCUT2D eigenvalue weighted by Gasteiger charge is -1.93. The van der Waals surface area contributed by atoms with E-state index in [-0.39, 0.29) is 0 Å². The van der Waals surface area contributed by atoms with E-state index in [1.165, 1.54) is 0 Å². The van der Waals surface area contributed by atoms with Crippen molar-refractivity contribution >= 4 is 29.7 Å². The molecule has 0 amide bonds. The first-order valence-corrected chi connectivity index (χ1v) is 4.57. The number of hydrogen-bond acceptors (Lipinski definition) is 3. The monoisotopic (exact) mass is 192 g/mol. The van der Waals surface area contributed by atoms with Gasteiger partial charge in [0.2, 0.25) is 0 Å². The van der Waals surface area contributed by atoms with Crippen molar-refractivity contribution in [1.29, 1.82) is 0 Å². The Balaban J connectivity index is 2.84. The van der Waals surface area contributed by atoms with E-state index in [0.29, 0.717) is 16.8 Å². The Morgan fingerprint density at radius 3 is 2.38 bits per heavy atom. The standard InChI is InChI=1S/C10H8O2S/c11-7-10(13-8-12)6-9-4-2-1-3-5-9/h1-8H/b10-6-. The Labute approximate surface area is 80.6 Å². The highest BCUT2D eigenvalue weighted by atomic mass is 32.2. The van der Waals surface area contributed by atoms with E-state index in [1.54, 1.807) is 6.08 Å². The fourth-order valence-corrected chi connectivity index (χ4v) is 1.24.